The van der Waals surface area contributed by atoms with Gasteiger partial charge in [-0.05, 0) is 66.7 Å². The average molecular weight is 324 g/mol. The summed E-state index contributed by atoms with van der Waals surface area (Å²) in [5.74, 6) is 1.14. The highest BCUT2D eigenvalue weighted by Crippen LogP contribution is 2.37. The summed E-state index contributed by atoms with van der Waals surface area (Å²) >= 11 is 3.53. The van der Waals surface area contributed by atoms with Crippen LogP contribution in [0.1, 0.15) is 31.2 Å². The maximum absolute atomic E-state index is 4.60. The zero-order chi connectivity index (χ0) is 13.3. The van der Waals surface area contributed by atoms with Crippen LogP contribution in [0.2, 0.25) is 0 Å². The van der Waals surface area contributed by atoms with Gasteiger partial charge in [-0.1, -0.05) is 0 Å². The molecule has 0 saturated carbocycles. The van der Waals surface area contributed by atoms with Gasteiger partial charge >= 0.3 is 0 Å². The number of halogens is 1. The van der Waals surface area contributed by atoms with Crippen LogP contribution in [0.15, 0.2) is 16.7 Å². The molecule has 19 heavy (non-hydrogen) atoms. The van der Waals surface area contributed by atoms with Gasteiger partial charge in [0.05, 0.1) is 0 Å². The van der Waals surface area contributed by atoms with Crippen molar-refractivity contribution >= 4 is 21.7 Å². The van der Waals surface area contributed by atoms with Gasteiger partial charge in [0.2, 0.25) is 0 Å². The molecule has 0 amide bonds. The molecule has 3 nitrogen and oxygen atoms in total. The van der Waals surface area contributed by atoms with Crippen LogP contribution in [0.3, 0.4) is 0 Å². The van der Waals surface area contributed by atoms with Crippen LogP contribution in [-0.2, 0) is 0 Å². The molecule has 1 atom stereocenters. The Balaban J connectivity index is 1.78. The molecule has 0 aromatic carbocycles. The number of hydrogen-bond acceptors (Lipinski definition) is 3. The van der Waals surface area contributed by atoms with E-state index in [2.05, 4.69) is 44.1 Å². The molecule has 104 valence electrons. The molecule has 3 rings (SSSR count). The van der Waals surface area contributed by atoms with Gasteiger partial charge in [-0.15, -0.1) is 0 Å². The van der Waals surface area contributed by atoms with Crippen molar-refractivity contribution in [2.24, 2.45) is 5.41 Å². The van der Waals surface area contributed by atoms with Crippen LogP contribution in [-0.4, -0.2) is 31.2 Å². The lowest BCUT2D eigenvalue weighted by molar-refractivity contribution is 0.173. The maximum Gasteiger partial charge on any atom is 0.128 e. The molecule has 0 bridgehead atoms. The number of aromatic nitrogens is 1. The predicted molar refractivity (Wildman–Crippen MR) is 82.7 cm³/mol. The summed E-state index contributed by atoms with van der Waals surface area (Å²) in [5.41, 5.74) is 1.76. The van der Waals surface area contributed by atoms with E-state index < -0.39 is 0 Å². The van der Waals surface area contributed by atoms with Gasteiger partial charge in [0.25, 0.3) is 0 Å². The fraction of sp³-hybridized carbons (Fsp3) is 0.667. The van der Waals surface area contributed by atoms with E-state index in [1.54, 1.807) is 0 Å². The van der Waals surface area contributed by atoms with Crippen molar-refractivity contribution < 1.29 is 0 Å². The Hall–Kier alpha value is -0.610. The standard InChI is InChI=1S/C15H22BrN3/c1-12-8-14(18-9-13(12)16)19-7-3-5-15(11-19)4-2-6-17-10-15/h8-9,17H,2-7,10-11H2,1H3. The molecule has 0 radical (unpaired) electrons. The summed E-state index contributed by atoms with van der Waals surface area (Å²) in [6.45, 7) is 6.82. The maximum atomic E-state index is 4.60. The van der Waals surface area contributed by atoms with Crippen molar-refractivity contribution in [2.45, 2.75) is 32.6 Å². The van der Waals surface area contributed by atoms with Gasteiger partial charge in [-0.2, -0.15) is 0 Å². The summed E-state index contributed by atoms with van der Waals surface area (Å²) in [6, 6.07) is 2.21. The first-order valence-electron chi connectivity index (χ1n) is 7.26. The van der Waals surface area contributed by atoms with E-state index in [9.17, 15) is 0 Å². The minimum atomic E-state index is 0.485. The molecule has 3 heterocycles. The fourth-order valence-corrected chi connectivity index (χ4v) is 3.70. The van der Waals surface area contributed by atoms with Crippen LogP contribution in [0.25, 0.3) is 0 Å². The van der Waals surface area contributed by atoms with Crippen molar-refractivity contribution in [1.82, 2.24) is 10.3 Å². The third kappa shape index (κ3) is 2.79. The fourth-order valence-electron chi connectivity index (χ4n) is 3.48. The summed E-state index contributed by atoms with van der Waals surface area (Å²) < 4.78 is 1.10. The summed E-state index contributed by atoms with van der Waals surface area (Å²) in [7, 11) is 0. The molecule has 1 aromatic heterocycles. The molecule has 1 spiro atoms. The SMILES string of the molecule is Cc1cc(N2CCCC3(CCCNC3)C2)ncc1Br. The Kier molecular flexibility index (Phi) is 3.81. The van der Waals surface area contributed by atoms with Crippen molar-refractivity contribution in [1.29, 1.82) is 0 Å². The van der Waals surface area contributed by atoms with Gasteiger partial charge in [-0.3, -0.25) is 0 Å². The normalized spacial score (nSPS) is 27.8. The monoisotopic (exact) mass is 323 g/mol. The second kappa shape index (κ2) is 5.41. The van der Waals surface area contributed by atoms with E-state index in [4.69, 9.17) is 0 Å². The summed E-state index contributed by atoms with van der Waals surface area (Å²) in [6.07, 6.45) is 7.28. The number of nitrogens with zero attached hydrogens (tertiary/aromatic N) is 2. The van der Waals surface area contributed by atoms with Crippen molar-refractivity contribution in [3.05, 3.63) is 22.3 Å². The van der Waals surface area contributed by atoms with Crippen LogP contribution in [0.5, 0.6) is 0 Å². The number of aryl methyl sites for hydroxylation is 1. The largest absolute Gasteiger partial charge is 0.356 e. The second-order valence-corrected chi connectivity index (χ2v) is 6.95. The van der Waals surface area contributed by atoms with E-state index in [1.807, 2.05) is 6.20 Å². The van der Waals surface area contributed by atoms with Gasteiger partial charge in [0.1, 0.15) is 5.82 Å². The number of pyridine rings is 1. The van der Waals surface area contributed by atoms with Crippen molar-refractivity contribution in [3.8, 4) is 0 Å². The van der Waals surface area contributed by atoms with Gasteiger partial charge in [0, 0.05) is 35.7 Å². The highest BCUT2D eigenvalue weighted by Gasteiger charge is 2.36. The van der Waals surface area contributed by atoms with E-state index >= 15 is 0 Å². The zero-order valence-corrected chi connectivity index (χ0v) is 13.2. The Labute approximate surface area is 123 Å². The van der Waals surface area contributed by atoms with E-state index in [-0.39, 0.29) is 0 Å². The average Bonchev–Trinajstić information content (AvgIpc) is 2.43. The van der Waals surface area contributed by atoms with Gasteiger partial charge < -0.3 is 10.2 Å². The molecule has 1 unspecified atom stereocenters. The third-order valence-corrected chi connectivity index (χ3v) is 5.41. The first-order valence-corrected chi connectivity index (χ1v) is 8.06. The number of nitrogens with one attached hydrogen (secondary N) is 1. The first kappa shape index (κ1) is 13.4. The quantitative estimate of drug-likeness (QED) is 0.860. The smallest absolute Gasteiger partial charge is 0.128 e. The van der Waals surface area contributed by atoms with Gasteiger partial charge in [-0.25, -0.2) is 4.98 Å². The Morgan fingerprint density at radius 2 is 2.21 bits per heavy atom. The van der Waals surface area contributed by atoms with Crippen molar-refractivity contribution in [3.63, 3.8) is 0 Å². The van der Waals surface area contributed by atoms with Crippen molar-refractivity contribution in [2.75, 3.05) is 31.1 Å². The van der Waals surface area contributed by atoms with Crippen LogP contribution >= 0.6 is 15.9 Å². The Morgan fingerprint density at radius 3 is 2.95 bits per heavy atom. The number of hydrogen-bond donors (Lipinski definition) is 1. The Bertz CT molecular complexity index is 449. The lowest BCUT2D eigenvalue weighted by Crippen LogP contribution is -2.51. The number of anilines is 1. The highest BCUT2D eigenvalue weighted by atomic mass is 79.9. The molecule has 2 aliphatic heterocycles. The Morgan fingerprint density at radius 1 is 1.37 bits per heavy atom. The first-order chi connectivity index (χ1) is 9.19. The molecule has 4 heteroatoms. The summed E-state index contributed by atoms with van der Waals surface area (Å²) in [4.78, 5) is 7.08. The topological polar surface area (TPSA) is 28.2 Å². The molecule has 1 N–H and O–H groups in total. The molecule has 0 aliphatic carbocycles. The minimum Gasteiger partial charge on any atom is -0.356 e. The van der Waals surface area contributed by atoms with Crippen LogP contribution in [0, 0.1) is 12.3 Å². The lowest BCUT2D eigenvalue weighted by atomic mass is 9.74. The minimum absolute atomic E-state index is 0.485. The summed E-state index contributed by atoms with van der Waals surface area (Å²) in [5, 5.41) is 3.58. The van der Waals surface area contributed by atoms with Crippen LogP contribution in [0.4, 0.5) is 5.82 Å². The molecular formula is C15H22BrN3. The van der Waals surface area contributed by atoms with E-state index in [1.165, 1.54) is 44.3 Å². The molecular weight excluding hydrogens is 302 g/mol. The predicted octanol–water partition coefficient (Wildman–Crippen LogP) is 3.12. The van der Waals surface area contributed by atoms with E-state index in [0.29, 0.717) is 5.41 Å². The second-order valence-electron chi connectivity index (χ2n) is 6.10. The molecule has 1 aromatic rings. The lowest BCUT2D eigenvalue weighted by Gasteiger charge is -2.46. The molecule has 2 saturated heterocycles. The van der Waals surface area contributed by atoms with Gasteiger partial charge in [0.15, 0.2) is 0 Å². The third-order valence-electron chi connectivity index (χ3n) is 4.58. The zero-order valence-electron chi connectivity index (χ0n) is 11.6. The number of piperidine rings is 2. The molecule has 2 fully saturated rings. The molecule has 2 aliphatic rings. The highest BCUT2D eigenvalue weighted by molar-refractivity contribution is 9.10. The van der Waals surface area contributed by atoms with E-state index in [0.717, 1.165) is 23.4 Å². The number of rotatable bonds is 1. The van der Waals surface area contributed by atoms with Crippen LogP contribution < -0.4 is 10.2 Å².